The zero-order chi connectivity index (χ0) is 13.5. The maximum atomic E-state index is 5.68. The molecule has 1 heterocycles. The number of allylic oxidation sites excluding steroid dienone is 1. The molecule has 100 valence electrons. The van der Waals surface area contributed by atoms with Gasteiger partial charge in [-0.1, -0.05) is 29.5 Å². The van der Waals surface area contributed by atoms with Gasteiger partial charge in [-0.05, 0) is 12.1 Å². The van der Waals surface area contributed by atoms with Gasteiger partial charge in [0.2, 0.25) is 0 Å². The summed E-state index contributed by atoms with van der Waals surface area (Å²) < 4.78 is 7.49. The molecule has 0 amide bonds. The van der Waals surface area contributed by atoms with Gasteiger partial charge >= 0.3 is 0 Å². The van der Waals surface area contributed by atoms with Gasteiger partial charge in [-0.2, -0.15) is 0 Å². The first-order valence-electron chi connectivity index (χ1n) is 6.25. The number of nitrogens with two attached hydrogens (primary N) is 1. The van der Waals surface area contributed by atoms with Crippen LogP contribution in [0.3, 0.4) is 0 Å². The van der Waals surface area contributed by atoms with Gasteiger partial charge in [-0.15, -0.1) is 11.7 Å². The van der Waals surface area contributed by atoms with Crippen molar-refractivity contribution in [1.29, 1.82) is 0 Å². The minimum atomic E-state index is 0.387. The third-order valence-corrected chi connectivity index (χ3v) is 2.76. The maximum Gasteiger partial charge on any atom is 0.119 e. The average Bonchev–Trinajstić information content (AvgIpc) is 2.83. The van der Waals surface area contributed by atoms with Crippen LogP contribution in [0, 0.1) is 0 Å². The first kappa shape index (κ1) is 13.3. The van der Waals surface area contributed by atoms with E-state index in [1.54, 1.807) is 6.08 Å². The molecular weight excluding hydrogens is 240 g/mol. The summed E-state index contributed by atoms with van der Waals surface area (Å²) in [5, 5.41) is 8.13. The number of rotatable bonds is 7. The number of benzene rings is 1. The third-order valence-electron chi connectivity index (χ3n) is 2.76. The van der Waals surface area contributed by atoms with E-state index in [1.165, 1.54) is 0 Å². The van der Waals surface area contributed by atoms with Gasteiger partial charge in [-0.25, -0.2) is 4.68 Å². The summed E-state index contributed by atoms with van der Waals surface area (Å²) in [4.78, 5) is 0. The highest BCUT2D eigenvalue weighted by Gasteiger charge is 2.10. The molecular formula is C14H18N4O. The first-order valence-corrected chi connectivity index (χ1v) is 6.25. The summed E-state index contributed by atoms with van der Waals surface area (Å²) >= 11 is 0. The zero-order valence-electron chi connectivity index (χ0n) is 10.8. The molecule has 1 aromatic carbocycles. The van der Waals surface area contributed by atoms with Crippen LogP contribution in [0.5, 0.6) is 5.75 Å². The molecule has 0 saturated carbocycles. The van der Waals surface area contributed by atoms with E-state index in [4.69, 9.17) is 10.5 Å². The van der Waals surface area contributed by atoms with E-state index in [0.717, 1.165) is 23.6 Å². The first-order chi connectivity index (χ1) is 9.35. The molecule has 0 spiro atoms. The van der Waals surface area contributed by atoms with Crippen LogP contribution < -0.4 is 10.5 Å². The molecule has 2 rings (SSSR count). The van der Waals surface area contributed by atoms with Crippen LogP contribution in [0.2, 0.25) is 0 Å². The van der Waals surface area contributed by atoms with Crippen LogP contribution in [0.15, 0.2) is 43.0 Å². The molecule has 19 heavy (non-hydrogen) atoms. The molecule has 0 aliphatic heterocycles. The van der Waals surface area contributed by atoms with Crippen molar-refractivity contribution in [2.75, 3.05) is 6.61 Å². The second-order valence-electron chi connectivity index (χ2n) is 4.07. The maximum absolute atomic E-state index is 5.68. The fourth-order valence-corrected chi connectivity index (χ4v) is 1.85. The van der Waals surface area contributed by atoms with E-state index in [1.807, 2.05) is 35.0 Å². The summed E-state index contributed by atoms with van der Waals surface area (Å²) in [5.74, 6) is 0.861. The molecule has 0 bridgehead atoms. The molecule has 0 unspecified atom stereocenters. The van der Waals surface area contributed by atoms with Gasteiger partial charge in [0.05, 0.1) is 24.5 Å². The predicted molar refractivity (Wildman–Crippen MR) is 73.8 cm³/mol. The van der Waals surface area contributed by atoms with Crippen LogP contribution >= 0.6 is 0 Å². The largest absolute Gasteiger partial charge is 0.493 e. The Morgan fingerprint density at radius 1 is 1.32 bits per heavy atom. The van der Waals surface area contributed by atoms with E-state index in [-0.39, 0.29) is 0 Å². The number of para-hydroxylation sites is 1. The molecule has 0 radical (unpaired) electrons. The lowest BCUT2D eigenvalue weighted by Crippen LogP contribution is -2.11. The standard InChI is InChI=1S/C14H18N4O/c1-2-9-18-14(13(11-15)16-17-18)8-10-19-12-6-4-3-5-7-12/h2-7H,1,8-11,15H2. The molecule has 0 fully saturated rings. The van der Waals surface area contributed by atoms with E-state index >= 15 is 0 Å². The Bertz CT molecular complexity index is 521. The number of hydrogen-bond acceptors (Lipinski definition) is 4. The van der Waals surface area contributed by atoms with E-state index in [0.29, 0.717) is 19.7 Å². The van der Waals surface area contributed by atoms with Crippen LogP contribution in [0.4, 0.5) is 0 Å². The van der Waals surface area contributed by atoms with Gasteiger partial charge in [0.15, 0.2) is 0 Å². The van der Waals surface area contributed by atoms with E-state index in [2.05, 4.69) is 16.9 Å². The van der Waals surface area contributed by atoms with Crippen molar-refractivity contribution in [3.63, 3.8) is 0 Å². The van der Waals surface area contributed by atoms with Crippen LogP contribution in [-0.2, 0) is 19.5 Å². The van der Waals surface area contributed by atoms with Gasteiger partial charge in [0.1, 0.15) is 5.75 Å². The molecule has 0 aliphatic rings. The van der Waals surface area contributed by atoms with Gasteiger partial charge in [0, 0.05) is 13.0 Å². The summed E-state index contributed by atoms with van der Waals surface area (Å²) in [6.07, 6.45) is 2.51. The monoisotopic (exact) mass is 258 g/mol. The third kappa shape index (κ3) is 3.42. The van der Waals surface area contributed by atoms with Crippen molar-refractivity contribution >= 4 is 0 Å². The molecule has 5 heteroatoms. The van der Waals surface area contributed by atoms with Gasteiger partial charge in [-0.3, -0.25) is 0 Å². The van der Waals surface area contributed by atoms with Crippen molar-refractivity contribution in [3.05, 3.63) is 54.4 Å². The lowest BCUT2D eigenvalue weighted by molar-refractivity contribution is 0.317. The zero-order valence-corrected chi connectivity index (χ0v) is 10.8. The smallest absolute Gasteiger partial charge is 0.119 e. The number of ether oxygens (including phenoxy) is 1. The fraction of sp³-hybridized carbons (Fsp3) is 0.286. The molecule has 2 aromatic rings. The van der Waals surface area contributed by atoms with Crippen molar-refractivity contribution in [3.8, 4) is 5.75 Å². The molecule has 2 N–H and O–H groups in total. The van der Waals surface area contributed by atoms with Gasteiger partial charge < -0.3 is 10.5 Å². The molecule has 0 atom stereocenters. The van der Waals surface area contributed by atoms with Crippen molar-refractivity contribution in [2.24, 2.45) is 5.73 Å². The quantitative estimate of drug-likeness (QED) is 0.765. The predicted octanol–water partition coefficient (Wildman–Crippen LogP) is 1.54. The summed E-state index contributed by atoms with van der Waals surface area (Å²) in [5.41, 5.74) is 7.49. The summed E-state index contributed by atoms with van der Waals surface area (Å²) in [6.45, 7) is 5.30. The van der Waals surface area contributed by atoms with Crippen LogP contribution in [0.1, 0.15) is 11.4 Å². The summed E-state index contributed by atoms with van der Waals surface area (Å²) in [6, 6.07) is 9.73. The Labute approximate surface area is 112 Å². The second kappa shape index (κ2) is 6.70. The lowest BCUT2D eigenvalue weighted by atomic mass is 10.2. The highest BCUT2D eigenvalue weighted by molar-refractivity contribution is 5.21. The Hall–Kier alpha value is -2.14. The van der Waals surface area contributed by atoms with E-state index in [9.17, 15) is 0 Å². The lowest BCUT2D eigenvalue weighted by Gasteiger charge is -2.08. The number of hydrogen-bond donors (Lipinski definition) is 1. The number of nitrogens with zero attached hydrogens (tertiary/aromatic N) is 3. The second-order valence-corrected chi connectivity index (χ2v) is 4.07. The molecule has 0 aliphatic carbocycles. The minimum absolute atomic E-state index is 0.387. The molecule has 0 saturated heterocycles. The van der Waals surface area contributed by atoms with Crippen LogP contribution in [-0.4, -0.2) is 21.6 Å². The van der Waals surface area contributed by atoms with Gasteiger partial charge in [0.25, 0.3) is 0 Å². The molecule has 5 nitrogen and oxygen atoms in total. The van der Waals surface area contributed by atoms with Crippen LogP contribution in [0.25, 0.3) is 0 Å². The fourth-order valence-electron chi connectivity index (χ4n) is 1.85. The SMILES string of the molecule is C=CCn1nnc(CN)c1CCOc1ccccc1. The molecule has 1 aromatic heterocycles. The number of aromatic nitrogens is 3. The van der Waals surface area contributed by atoms with Crippen molar-refractivity contribution < 1.29 is 4.74 Å². The van der Waals surface area contributed by atoms with Crippen molar-refractivity contribution in [2.45, 2.75) is 19.5 Å². The summed E-state index contributed by atoms with van der Waals surface area (Å²) in [7, 11) is 0. The van der Waals surface area contributed by atoms with Crippen molar-refractivity contribution in [1.82, 2.24) is 15.0 Å². The van der Waals surface area contributed by atoms with E-state index < -0.39 is 0 Å². The Morgan fingerprint density at radius 3 is 2.79 bits per heavy atom. The normalized spacial score (nSPS) is 10.4. The average molecular weight is 258 g/mol. The Morgan fingerprint density at radius 2 is 2.11 bits per heavy atom. The highest BCUT2D eigenvalue weighted by atomic mass is 16.5. The Balaban J connectivity index is 1.98. The topological polar surface area (TPSA) is 66.0 Å². The minimum Gasteiger partial charge on any atom is -0.493 e. The highest BCUT2D eigenvalue weighted by Crippen LogP contribution is 2.11. The Kier molecular flexibility index (Phi) is 4.69.